The molecule has 4 heterocycles. The van der Waals surface area contributed by atoms with Crippen molar-refractivity contribution in [3.8, 4) is 0 Å². The number of thiazole rings is 1. The van der Waals surface area contributed by atoms with Crippen LogP contribution in [-0.4, -0.2) is 70.6 Å². The van der Waals surface area contributed by atoms with E-state index in [1.165, 1.54) is 9.71 Å². The number of para-hydroxylation sites is 1. The number of hydrogen-bond donors (Lipinski definition) is 0. The van der Waals surface area contributed by atoms with Crippen LogP contribution in [-0.2, 0) is 17.8 Å². The second-order valence-electron chi connectivity index (χ2n) is 9.08. The highest BCUT2D eigenvalue weighted by Gasteiger charge is 2.24. The highest BCUT2D eigenvalue weighted by atomic mass is 32.1. The number of carbonyl (C=O) groups excluding carboxylic acids is 1. The molecule has 1 aromatic carbocycles. The lowest BCUT2D eigenvalue weighted by Gasteiger charge is -2.33. The van der Waals surface area contributed by atoms with Gasteiger partial charge in [-0.25, -0.2) is 4.98 Å². The maximum Gasteiger partial charge on any atom is 0.178 e. The van der Waals surface area contributed by atoms with E-state index in [1.54, 1.807) is 11.3 Å². The van der Waals surface area contributed by atoms with Gasteiger partial charge in [-0.2, -0.15) is 0 Å². The summed E-state index contributed by atoms with van der Waals surface area (Å²) in [4.78, 5) is 22.6. The Morgan fingerprint density at radius 2 is 1.94 bits per heavy atom. The predicted molar refractivity (Wildman–Crippen MR) is 129 cm³/mol. The van der Waals surface area contributed by atoms with E-state index in [0.29, 0.717) is 6.54 Å². The van der Waals surface area contributed by atoms with Crippen molar-refractivity contribution in [2.75, 3.05) is 39.3 Å². The van der Waals surface area contributed by atoms with Crippen LogP contribution in [0.3, 0.4) is 0 Å². The monoisotopic (exact) mass is 452 g/mol. The molecule has 0 radical (unpaired) electrons. The van der Waals surface area contributed by atoms with Crippen LogP contribution >= 0.6 is 11.3 Å². The van der Waals surface area contributed by atoms with E-state index >= 15 is 0 Å². The fourth-order valence-corrected chi connectivity index (χ4v) is 5.94. The van der Waals surface area contributed by atoms with Gasteiger partial charge in [-0.3, -0.25) is 14.6 Å². The number of benzene rings is 1. The van der Waals surface area contributed by atoms with Crippen LogP contribution in [0.15, 0.2) is 30.3 Å². The molecular weight excluding hydrogens is 420 g/mol. The average molecular weight is 453 g/mol. The molecule has 2 fully saturated rings. The zero-order chi connectivity index (χ0) is 22.1. The smallest absolute Gasteiger partial charge is 0.178 e. The molecule has 6 nitrogen and oxygen atoms in total. The largest absolute Gasteiger partial charge is 0.376 e. The van der Waals surface area contributed by atoms with Gasteiger partial charge in [0.05, 0.1) is 29.4 Å². The van der Waals surface area contributed by atoms with Crippen molar-refractivity contribution in [3.05, 3.63) is 52.3 Å². The Labute approximate surface area is 193 Å². The summed E-state index contributed by atoms with van der Waals surface area (Å²) in [6, 6.07) is 10.4. The van der Waals surface area contributed by atoms with Gasteiger partial charge < -0.3 is 9.30 Å². The first kappa shape index (κ1) is 21.8. The zero-order valence-corrected chi connectivity index (χ0v) is 19.9. The maximum absolute atomic E-state index is 13.1. The summed E-state index contributed by atoms with van der Waals surface area (Å²) in [5.74, 6) is 0.233. The Balaban J connectivity index is 1.15. The number of aromatic nitrogens is 2. The summed E-state index contributed by atoms with van der Waals surface area (Å²) >= 11 is 1.78. The standard InChI is InChI=1S/C25H32N4O2S/c1-18-14-21(19(2)29(18)15-20-6-5-13-31-20)23(30)16-27-9-11-28(12-10-27)17-25-26-22-7-3-4-8-24(22)32-25/h3-4,7-8,14,20H,5-6,9-13,15-17H2,1-2H3. The average Bonchev–Trinajstić information content (AvgIpc) is 3.51. The number of aryl methyl sites for hydroxylation is 1. The molecule has 1 unspecified atom stereocenters. The second kappa shape index (κ2) is 9.43. The quantitative estimate of drug-likeness (QED) is 0.509. The number of ketones is 1. The van der Waals surface area contributed by atoms with E-state index < -0.39 is 0 Å². The second-order valence-corrected chi connectivity index (χ2v) is 10.2. The lowest BCUT2D eigenvalue weighted by atomic mass is 10.1. The molecule has 7 heteroatoms. The van der Waals surface area contributed by atoms with Gasteiger partial charge in [-0.1, -0.05) is 12.1 Å². The van der Waals surface area contributed by atoms with Gasteiger partial charge >= 0.3 is 0 Å². The van der Waals surface area contributed by atoms with Crippen molar-refractivity contribution >= 4 is 27.3 Å². The van der Waals surface area contributed by atoms with Crippen molar-refractivity contribution in [3.63, 3.8) is 0 Å². The highest BCUT2D eigenvalue weighted by Crippen LogP contribution is 2.24. The van der Waals surface area contributed by atoms with E-state index in [-0.39, 0.29) is 11.9 Å². The van der Waals surface area contributed by atoms with Crippen LogP contribution in [0.2, 0.25) is 0 Å². The SMILES string of the molecule is Cc1cc(C(=O)CN2CCN(Cc3nc4ccccc4s3)CC2)c(C)n1CC1CCCO1. The lowest BCUT2D eigenvalue weighted by molar-refractivity contribution is 0.0841. The van der Waals surface area contributed by atoms with Crippen molar-refractivity contribution in [1.82, 2.24) is 19.4 Å². The van der Waals surface area contributed by atoms with Crippen LogP contribution < -0.4 is 0 Å². The van der Waals surface area contributed by atoms with Crippen LogP contribution in [0.1, 0.15) is 39.6 Å². The summed E-state index contributed by atoms with van der Waals surface area (Å²) in [6.45, 7) is 11.1. The molecule has 0 N–H and O–H groups in total. The van der Waals surface area contributed by atoms with Crippen LogP contribution in [0.25, 0.3) is 10.2 Å². The van der Waals surface area contributed by atoms with Gasteiger partial charge in [0.25, 0.3) is 0 Å². The Hall–Kier alpha value is -2.06. The minimum absolute atomic E-state index is 0.233. The number of piperazine rings is 1. The molecular formula is C25H32N4O2S. The van der Waals surface area contributed by atoms with Gasteiger partial charge in [0.2, 0.25) is 0 Å². The number of rotatable bonds is 7. The number of hydrogen-bond acceptors (Lipinski definition) is 6. The first-order valence-corrected chi connectivity index (χ1v) is 12.5. The first-order valence-electron chi connectivity index (χ1n) is 11.7. The molecule has 5 rings (SSSR count). The summed E-state index contributed by atoms with van der Waals surface area (Å²) < 4.78 is 9.32. The molecule has 2 aliphatic rings. The zero-order valence-electron chi connectivity index (χ0n) is 19.0. The Kier molecular flexibility index (Phi) is 6.42. The van der Waals surface area contributed by atoms with Crippen LogP contribution in [0.4, 0.5) is 0 Å². The van der Waals surface area contributed by atoms with Gasteiger partial charge in [-0.05, 0) is 44.9 Å². The molecule has 3 aromatic rings. The third kappa shape index (κ3) is 4.66. The Morgan fingerprint density at radius 3 is 2.69 bits per heavy atom. The van der Waals surface area contributed by atoms with Crippen LogP contribution in [0.5, 0.6) is 0 Å². The van der Waals surface area contributed by atoms with E-state index in [2.05, 4.69) is 52.5 Å². The fraction of sp³-hybridized carbons (Fsp3) is 0.520. The molecule has 0 spiro atoms. The number of carbonyl (C=O) groups is 1. The molecule has 32 heavy (non-hydrogen) atoms. The molecule has 170 valence electrons. The van der Waals surface area contributed by atoms with Crippen molar-refractivity contribution in [2.45, 2.75) is 45.9 Å². The highest BCUT2D eigenvalue weighted by molar-refractivity contribution is 7.18. The number of fused-ring (bicyclic) bond motifs is 1. The maximum atomic E-state index is 13.1. The van der Waals surface area contributed by atoms with Crippen LogP contribution in [0, 0.1) is 13.8 Å². The molecule has 0 amide bonds. The Morgan fingerprint density at radius 1 is 1.16 bits per heavy atom. The van der Waals surface area contributed by atoms with Crippen molar-refractivity contribution in [2.24, 2.45) is 0 Å². The predicted octanol–water partition coefficient (Wildman–Crippen LogP) is 3.89. The number of nitrogens with zero attached hydrogens (tertiary/aromatic N) is 4. The lowest BCUT2D eigenvalue weighted by Crippen LogP contribution is -2.47. The molecule has 2 aliphatic heterocycles. The molecule has 0 saturated carbocycles. The van der Waals surface area contributed by atoms with Gasteiger partial charge in [0.1, 0.15) is 5.01 Å². The van der Waals surface area contributed by atoms with E-state index in [4.69, 9.17) is 9.72 Å². The third-order valence-corrected chi connectivity index (χ3v) is 7.83. The van der Waals surface area contributed by atoms with Crippen molar-refractivity contribution < 1.29 is 9.53 Å². The molecule has 1 atom stereocenters. The molecule has 0 bridgehead atoms. The Bertz CT molecular complexity index is 1060. The van der Waals surface area contributed by atoms with Crippen molar-refractivity contribution in [1.29, 1.82) is 0 Å². The summed E-state index contributed by atoms with van der Waals surface area (Å²) in [6.07, 6.45) is 2.54. The summed E-state index contributed by atoms with van der Waals surface area (Å²) in [7, 11) is 0. The first-order chi connectivity index (χ1) is 15.6. The van der Waals surface area contributed by atoms with E-state index in [9.17, 15) is 4.79 Å². The van der Waals surface area contributed by atoms with Gasteiger partial charge in [-0.15, -0.1) is 11.3 Å². The molecule has 2 aromatic heterocycles. The minimum Gasteiger partial charge on any atom is -0.376 e. The topological polar surface area (TPSA) is 50.6 Å². The van der Waals surface area contributed by atoms with Gasteiger partial charge in [0.15, 0.2) is 5.78 Å². The normalized spacial score (nSPS) is 20.4. The third-order valence-electron chi connectivity index (χ3n) is 6.81. The number of ether oxygens (including phenoxy) is 1. The number of Topliss-reactive ketones (excluding diaryl/α,β-unsaturated/α-hetero) is 1. The van der Waals surface area contributed by atoms with E-state index in [0.717, 1.165) is 81.2 Å². The summed E-state index contributed by atoms with van der Waals surface area (Å²) in [5, 5.41) is 1.18. The summed E-state index contributed by atoms with van der Waals surface area (Å²) in [5.41, 5.74) is 4.20. The minimum atomic E-state index is 0.233. The molecule has 2 saturated heterocycles. The van der Waals surface area contributed by atoms with E-state index in [1.807, 2.05) is 6.07 Å². The fourth-order valence-electron chi connectivity index (χ4n) is 4.93. The molecule has 0 aliphatic carbocycles. The van der Waals surface area contributed by atoms with Gasteiger partial charge in [0, 0.05) is 56.3 Å².